The second-order valence-electron chi connectivity index (χ2n) is 6.71. The smallest absolute Gasteiger partial charge is 0.251 e. The van der Waals surface area contributed by atoms with Gasteiger partial charge in [0, 0.05) is 33.2 Å². The first-order valence-corrected chi connectivity index (χ1v) is 8.27. The highest BCUT2D eigenvalue weighted by Crippen LogP contribution is 2.32. The minimum atomic E-state index is -0.297. The maximum atomic E-state index is 11.9. The van der Waals surface area contributed by atoms with Gasteiger partial charge in [-0.2, -0.15) is 0 Å². The first-order chi connectivity index (χ1) is 10.6. The number of hydrogen-bond acceptors (Lipinski definition) is 3. The van der Waals surface area contributed by atoms with Crippen LogP contribution in [-0.4, -0.2) is 60.6 Å². The van der Waals surface area contributed by atoms with E-state index in [2.05, 4.69) is 35.2 Å². The normalized spacial score (nSPS) is 25.6. The third kappa shape index (κ3) is 3.33. The summed E-state index contributed by atoms with van der Waals surface area (Å²) in [7, 11) is 1.89. The standard InChI is InChI=1S/C18H26N2O2/c1-15-17(21)19(2)14-18(22-15)9-12-20(13-10-18)11-8-16-6-4-3-5-7-16/h3-7,15H,8-14H2,1-2H3/t15-/m0/s1. The van der Waals surface area contributed by atoms with Crippen LogP contribution in [0.15, 0.2) is 30.3 Å². The molecule has 0 unspecified atom stereocenters. The summed E-state index contributed by atoms with van der Waals surface area (Å²) in [6.45, 7) is 5.83. The number of rotatable bonds is 3. The summed E-state index contributed by atoms with van der Waals surface area (Å²) < 4.78 is 6.09. The minimum Gasteiger partial charge on any atom is -0.360 e. The Labute approximate surface area is 133 Å². The number of amides is 1. The molecule has 1 amide bonds. The van der Waals surface area contributed by atoms with Crippen LogP contribution in [0.5, 0.6) is 0 Å². The van der Waals surface area contributed by atoms with Crippen LogP contribution in [-0.2, 0) is 16.0 Å². The topological polar surface area (TPSA) is 32.8 Å². The number of likely N-dealkylation sites (N-methyl/N-ethyl adjacent to an activating group) is 1. The van der Waals surface area contributed by atoms with Crippen LogP contribution in [0.2, 0.25) is 0 Å². The van der Waals surface area contributed by atoms with Crippen molar-refractivity contribution in [2.45, 2.75) is 37.9 Å². The summed E-state index contributed by atoms with van der Waals surface area (Å²) in [5, 5.41) is 0. The van der Waals surface area contributed by atoms with Crippen molar-refractivity contribution < 1.29 is 9.53 Å². The number of hydrogen-bond donors (Lipinski definition) is 0. The average molecular weight is 302 g/mol. The summed E-state index contributed by atoms with van der Waals surface area (Å²) in [4.78, 5) is 16.2. The van der Waals surface area contributed by atoms with Crippen LogP contribution >= 0.6 is 0 Å². The summed E-state index contributed by atoms with van der Waals surface area (Å²) >= 11 is 0. The molecule has 0 aliphatic carbocycles. The molecule has 1 atom stereocenters. The van der Waals surface area contributed by atoms with Gasteiger partial charge in [0.2, 0.25) is 0 Å². The molecule has 0 bridgehead atoms. The predicted octanol–water partition coefficient (Wildman–Crippen LogP) is 1.94. The molecular formula is C18H26N2O2. The molecule has 0 radical (unpaired) electrons. The highest BCUT2D eigenvalue weighted by molar-refractivity contribution is 5.81. The summed E-state index contributed by atoms with van der Waals surface area (Å²) in [6, 6.07) is 10.7. The first kappa shape index (κ1) is 15.5. The van der Waals surface area contributed by atoms with E-state index in [9.17, 15) is 4.79 Å². The van der Waals surface area contributed by atoms with Crippen LogP contribution in [0, 0.1) is 0 Å². The number of ether oxygens (including phenoxy) is 1. The Hall–Kier alpha value is -1.39. The van der Waals surface area contributed by atoms with E-state index >= 15 is 0 Å². The molecule has 2 aliphatic rings. The lowest BCUT2D eigenvalue weighted by atomic mass is 9.88. The van der Waals surface area contributed by atoms with Crippen LogP contribution < -0.4 is 0 Å². The predicted molar refractivity (Wildman–Crippen MR) is 86.7 cm³/mol. The number of carbonyl (C=O) groups excluding carboxylic acids is 1. The van der Waals surface area contributed by atoms with Gasteiger partial charge in [-0.15, -0.1) is 0 Å². The average Bonchev–Trinajstić information content (AvgIpc) is 2.53. The largest absolute Gasteiger partial charge is 0.360 e. The summed E-state index contributed by atoms with van der Waals surface area (Å²) in [5.41, 5.74) is 1.28. The minimum absolute atomic E-state index is 0.108. The van der Waals surface area contributed by atoms with Gasteiger partial charge in [-0.25, -0.2) is 0 Å². The van der Waals surface area contributed by atoms with Crippen LogP contribution in [0.25, 0.3) is 0 Å². The molecule has 3 rings (SSSR count). The lowest BCUT2D eigenvalue weighted by Crippen LogP contribution is -2.60. The van der Waals surface area contributed by atoms with Crippen molar-refractivity contribution in [1.82, 2.24) is 9.80 Å². The number of morpholine rings is 1. The second-order valence-corrected chi connectivity index (χ2v) is 6.71. The fourth-order valence-corrected chi connectivity index (χ4v) is 3.68. The van der Waals surface area contributed by atoms with Crippen molar-refractivity contribution in [2.75, 3.05) is 33.2 Å². The van der Waals surface area contributed by atoms with Crippen LogP contribution in [0.4, 0.5) is 0 Å². The SMILES string of the molecule is C[C@@H]1OC2(CCN(CCc3ccccc3)CC2)CN(C)C1=O. The van der Waals surface area contributed by atoms with Gasteiger partial charge >= 0.3 is 0 Å². The Morgan fingerprint density at radius 2 is 1.91 bits per heavy atom. The third-order valence-electron chi connectivity index (χ3n) is 5.00. The van der Waals surface area contributed by atoms with Crippen LogP contribution in [0.3, 0.4) is 0 Å². The van der Waals surface area contributed by atoms with Crippen molar-refractivity contribution in [3.63, 3.8) is 0 Å². The van der Waals surface area contributed by atoms with E-state index < -0.39 is 0 Å². The molecule has 1 aromatic carbocycles. The monoisotopic (exact) mass is 302 g/mol. The van der Waals surface area contributed by atoms with Crippen molar-refractivity contribution in [1.29, 1.82) is 0 Å². The summed E-state index contributed by atoms with van der Waals surface area (Å²) in [6.07, 6.45) is 2.84. The van der Waals surface area contributed by atoms with E-state index in [0.29, 0.717) is 0 Å². The van der Waals surface area contributed by atoms with Crippen molar-refractivity contribution in [2.24, 2.45) is 0 Å². The molecule has 1 spiro atoms. The lowest BCUT2D eigenvalue weighted by molar-refractivity contribution is -0.186. The first-order valence-electron chi connectivity index (χ1n) is 8.27. The molecule has 0 N–H and O–H groups in total. The lowest BCUT2D eigenvalue weighted by Gasteiger charge is -2.48. The highest BCUT2D eigenvalue weighted by atomic mass is 16.5. The van der Waals surface area contributed by atoms with E-state index in [1.165, 1.54) is 5.56 Å². The Kier molecular flexibility index (Phi) is 4.50. The molecule has 2 aliphatic heterocycles. The number of carbonyl (C=O) groups is 1. The van der Waals surface area contributed by atoms with Crippen molar-refractivity contribution in [3.8, 4) is 0 Å². The Bertz CT molecular complexity index is 493. The van der Waals surface area contributed by atoms with Gasteiger partial charge in [0.05, 0.1) is 5.60 Å². The fraction of sp³-hybridized carbons (Fsp3) is 0.611. The molecular weight excluding hydrogens is 276 g/mol. The highest BCUT2D eigenvalue weighted by Gasteiger charge is 2.43. The molecule has 120 valence electrons. The van der Waals surface area contributed by atoms with Gasteiger partial charge in [-0.05, 0) is 31.7 Å². The number of nitrogens with zero attached hydrogens (tertiary/aromatic N) is 2. The summed E-state index contributed by atoms with van der Waals surface area (Å²) in [5.74, 6) is 0.108. The molecule has 2 heterocycles. The van der Waals surface area contributed by atoms with Crippen molar-refractivity contribution >= 4 is 5.91 Å². The number of piperidine rings is 1. The molecule has 4 nitrogen and oxygen atoms in total. The molecule has 2 saturated heterocycles. The van der Waals surface area contributed by atoms with Gasteiger partial charge in [-0.3, -0.25) is 4.79 Å². The van der Waals surface area contributed by atoms with E-state index in [1.807, 2.05) is 18.9 Å². The fourth-order valence-electron chi connectivity index (χ4n) is 3.68. The van der Waals surface area contributed by atoms with E-state index in [-0.39, 0.29) is 17.6 Å². The molecule has 2 fully saturated rings. The Morgan fingerprint density at radius 3 is 2.55 bits per heavy atom. The van der Waals surface area contributed by atoms with Gasteiger partial charge < -0.3 is 14.5 Å². The van der Waals surface area contributed by atoms with E-state index in [1.54, 1.807) is 0 Å². The van der Waals surface area contributed by atoms with Gasteiger partial charge in [-0.1, -0.05) is 30.3 Å². The Balaban J connectivity index is 1.51. The quantitative estimate of drug-likeness (QED) is 0.855. The maximum absolute atomic E-state index is 11.9. The van der Waals surface area contributed by atoms with Crippen molar-refractivity contribution in [3.05, 3.63) is 35.9 Å². The van der Waals surface area contributed by atoms with Crippen LogP contribution in [0.1, 0.15) is 25.3 Å². The zero-order valence-corrected chi connectivity index (χ0v) is 13.6. The molecule has 0 aromatic heterocycles. The van der Waals surface area contributed by atoms with E-state index in [0.717, 1.165) is 45.4 Å². The number of benzene rings is 1. The van der Waals surface area contributed by atoms with E-state index in [4.69, 9.17) is 4.74 Å². The van der Waals surface area contributed by atoms with Gasteiger partial charge in [0.15, 0.2) is 0 Å². The molecule has 1 aromatic rings. The zero-order valence-electron chi connectivity index (χ0n) is 13.6. The number of likely N-dealkylation sites (tertiary alicyclic amines) is 1. The Morgan fingerprint density at radius 1 is 1.23 bits per heavy atom. The second kappa shape index (κ2) is 6.39. The molecule has 4 heteroatoms. The maximum Gasteiger partial charge on any atom is 0.251 e. The molecule has 0 saturated carbocycles. The third-order valence-corrected chi connectivity index (χ3v) is 5.00. The van der Waals surface area contributed by atoms with Gasteiger partial charge in [0.1, 0.15) is 6.10 Å². The van der Waals surface area contributed by atoms with Gasteiger partial charge in [0.25, 0.3) is 5.91 Å². The molecule has 22 heavy (non-hydrogen) atoms. The zero-order chi connectivity index (χ0) is 15.6.